The van der Waals surface area contributed by atoms with Gasteiger partial charge in [-0.2, -0.15) is 0 Å². The Balaban J connectivity index is 2.01. The topological polar surface area (TPSA) is 96.1 Å². The summed E-state index contributed by atoms with van der Waals surface area (Å²) in [4.78, 5) is 8.89. The molecule has 0 saturated heterocycles. The van der Waals surface area contributed by atoms with E-state index in [1.165, 1.54) is 0 Å². The summed E-state index contributed by atoms with van der Waals surface area (Å²) in [5.41, 5.74) is 3.57. The van der Waals surface area contributed by atoms with E-state index in [0.29, 0.717) is 11.7 Å². The number of aromatic nitrogens is 2. The van der Waals surface area contributed by atoms with Gasteiger partial charge < -0.3 is 15.8 Å². The Labute approximate surface area is 120 Å². The molecule has 6 heteroatoms. The van der Waals surface area contributed by atoms with Gasteiger partial charge in [0.1, 0.15) is 17.5 Å². The van der Waals surface area contributed by atoms with Crippen LogP contribution < -0.4 is 16.6 Å². The first kappa shape index (κ1) is 15.0. The van der Waals surface area contributed by atoms with E-state index in [-0.39, 0.29) is 6.10 Å². The fraction of sp³-hybridized carbons (Fsp3) is 0.714. The number of hydrazine groups is 1. The molecule has 20 heavy (non-hydrogen) atoms. The molecule has 0 radical (unpaired) electrons. The van der Waals surface area contributed by atoms with E-state index >= 15 is 0 Å². The highest BCUT2D eigenvalue weighted by Gasteiger charge is 2.19. The second-order valence-electron chi connectivity index (χ2n) is 5.52. The number of aliphatic hydroxyl groups excluding tert-OH is 1. The number of nitrogens with one attached hydrogen (secondary N) is 2. The minimum atomic E-state index is -0.105. The van der Waals surface area contributed by atoms with E-state index in [0.717, 1.165) is 55.9 Å². The molecule has 0 unspecified atom stereocenters. The fourth-order valence-electron chi connectivity index (χ4n) is 2.62. The van der Waals surface area contributed by atoms with E-state index < -0.39 is 0 Å². The van der Waals surface area contributed by atoms with Crippen LogP contribution in [0.4, 0.5) is 11.6 Å². The Kier molecular flexibility index (Phi) is 5.14. The molecule has 0 bridgehead atoms. The molecule has 5 N–H and O–H groups in total. The molecule has 112 valence electrons. The van der Waals surface area contributed by atoms with Gasteiger partial charge in [0.15, 0.2) is 0 Å². The monoisotopic (exact) mass is 279 g/mol. The van der Waals surface area contributed by atoms with Crippen molar-refractivity contribution in [3.63, 3.8) is 0 Å². The van der Waals surface area contributed by atoms with E-state index in [2.05, 4.69) is 20.7 Å². The number of nitrogens with zero attached hydrogens (tertiary/aromatic N) is 2. The maximum atomic E-state index is 9.53. The molecule has 1 heterocycles. The predicted octanol–water partition coefficient (Wildman–Crippen LogP) is 1.60. The summed E-state index contributed by atoms with van der Waals surface area (Å²) in [6.07, 6.45) is 4.63. The van der Waals surface area contributed by atoms with Crippen LogP contribution in [0.15, 0.2) is 0 Å². The second kappa shape index (κ2) is 6.85. The first-order chi connectivity index (χ1) is 9.63. The lowest BCUT2D eigenvalue weighted by molar-refractivity contribution is 0.111. The number of aryl methyl sites for hydroxylation is 1. The molecule has 0 spiro atoms. The zero-order valence-corrected chi connectivity index (χ0v) is 12.3. The summed E-state index contributed by atoms with van der Waals surface area (Å²) in [5, 5.41) is 12.9. The molecule has 6 nitrogen and oxygen atoms in total. The number of aliphatic hydroxyl groups is 1. The quantitative estimate of drug-likeness (QED) is 0.483. The molecular formula is C14H25N5O. The number of hydrogen-bond donors (Lipinski definition) is 4. The lowest BCUT2D eigenvalue weighted by atomic mass is 9.87. The summed E-state index contributed by atoms with van der Waals surface area (Å²) in [6, 6.07) is 0. The molecule has 0 aliphatic heterocycles. The van der Waals surface area contributed by atoms with Crippen molar-refractivity contribution >= 4 is 11.6 Å². The predicted molar refractivity (Wildman–Crippen MR) is 80.4 cm³/mol. The molecule has 1 fully saturated rings. The van der Waals surface area contributed by atoms with E-state index in [1.54, 1.807) is 0 Å². The van der Waals surface area contributed by atoms with E-state index in [4.69, 9.17) is 5.84 Å². The van der Waals surface area contributed by atoms with Gasteiger partial charge in [0.05, 0.1) is 6.10 Å². The Morgan fingerprint density at radius 3 is 2.45 bits per heavy atom. The van der Waals surface area contributed by atoms with Crippen molar-refractivity contribution < 1.29 is 5.11 Å². The third-order valence-electron chi connectivity index (χ3n) is 4.02. The standard InChI is InChI=1S/C14H25N5O/c1-3-12-17-13(9(2)14(18-12)19-15)16-8-10-4-6-11(20)7-5-10/h10-11,20H,3-8,15H2,1-2H3,(H2,16,17,18,19). The van der Waals surface area contributed by atoms with Gasteiger partial charge in [0.2, 0.25) is 0 Å². The van der Waals surface area contributed by atoms with Gasteiger partial charge in [-0.25, -0.2) is 15.8 Å². The molecule has 1 saturated carbocycles. The average Bonchev–Trinajstić information content (AvgIpc) is 2.48. The average molecular weight is 279 g/mol. The van der Waals surface area contributed by atoms with Crippen molar-refractivity contribution in [2.45, 2.75) is 52.1 Å². The van der Waals surface area contributed by atoms with Crippen molar-refractivity contribution in [1.82, 2.24) is 9.97 Å². The van der Waals surface area contributed by atoms with E-state index in [9.17, 15) is 5.11 Å². The summed E-state index contributed by atoms with van der Waals surface area (Å²) in [6.45, 7) is 4.87. The van der Waals surface area contributed by atoms with Gasteiger partial charge in [0.25, 0.3) is 0 Å². The number of hydrogen-bond acceptors (Lipinski definition) is 6. The molecule has 1 aromatic rings. The molecule has 1 aliphatic carbocycles. The largest absolute Gasteiger partial charge is 0.393 e. The first-order valence-corrected chi connectivity index (χ1v) is 7.40. The van der Waals surface area contributed by atoms with Crippen LogP contribution in [0.2, 0.25) is 0 Å². The molecule has 2 rings (SSSR count). The van der Waals surface area contributed by atoms with Gasteiger partial charge in [-0.3, -0.25) is 0 Å². The molecule has 1 aliphatic rings. The van der Waals surface area contributed by atoms with Crippen molar-refractivity contribution in [3.8, 4) is 0 Å². The third-order valence-corrected chi connectivity index (χ3v) is 4.02. The molecular weight excluding hydrogens is 254 g/mol. The normalized spacial score (nSPS) is 22.6. The van der Waals surface area contributed by atoms with Crippen LogP contribution in [0.3, 0.4) is 0 Å². The van der Waals surface area contributed by atoms with Crippen molar-refractivity contribution in [1.29, 1.82) is 0 Å². The molecule has 0 atom stereocenters. The zero-order chi connectivity index (χ0) is 14.5. The number of rotatable bonds is 5. The highest BCUT2D eigenvalue weighted by Crippen LogP contribution is 2.25. The Morgan fingerprint density at radius 2 is 1.85 bits per heavy atom. The maximum Gasteiger partial charge on any atom is 0.148 e. The lowest BCUT2D eigenvalue weighted by Gasteiger charge is -2.26. The second-order valence-corrected chi connectivity index (χ2v) is 5.52. The Bertz CT molecular complexity index is 443. The van der Waals surface area contributed by atoms with E-state index in [1.807, 2.05) is 13.8 Å². The molecule has 1 aromatic heterocycles. The number of nitrogens with two attached hydrogens (primary N) is 1. The minimum Gasteiger partial charge on any atom is -0.393 e. The van der Waals surface area contributed by atoms with Crippen LogP contribution in [0.5, 0.6) is 0 Å². The maximum absolute atomic E-state index is 9.53. The van der Waals surface area contributed by atoms with Crippen LogP contribution in [0.1, 0.15) is 44.0 Å². The zero-order valence-electron chi connectivity index (χ0n) is 12.3. The van der Waals surface area contributed by atoms with Gasteiger partial charge in [-0.05, 0) is 38.5 Å². The molecule has 0 amide bonds. The Morgan fingerprint density at radius 1 is 1.20 bits per heavy atom. The van der Waals surface area contributed by atoms with Crippen molar-refractivity contribution in [3.05, 3.63) is 11.4 Å². The summed E-state index contributed by atoms with van der Waals surface area (Å²) < 4.78 is 0. The summed E-state index contributed by atoms with van der Waals surface area (Å²) >= 11 is 0. The summed E-state index contributed by atoms with van der Waals surface area (Å²) in [5.74, 6) is 8.42. The Hall–Kier alpha value is -1.40. The van der Waals surface area contributed by atoms with Crippen LogP contribution in [0.25, 0.3) is 0 Å². The van der Waals surface area contributed by atoms with Crippen LogP contribution in [-0.2, 0) is 6.42 Å². The van der Waals surface area contributed by atoms with Crippen molar-refractivity contribution in [2.24, 2.45) is 11.8 Å². The fourth-order valence-corrected chi connectivity index (χ4v) is 2.62. The van der Waals surface area contributed by atoms with Crippen LogP contribution in [0, 0.1) is 12.8 Å². The summed E-state index contributed by atoms with van der Waals surface area (Å²) in [7, 11) is 0. The van der Waals surface area contributed by atoms with Gasteiger partial charge in [-0.1, -0.05) is 6.92 Å². The van der Waals surface area contributed by atoms with Gasteiger partial charge >= 0.3 is 0 Å². The molecule has 0 aromatic carbocycles. The first-order valence-electron chi connectivity index (χ1n) is 7.40. The lowest BCUT2D eigenvalue weighted by Crippen LogP contribution is -2.24. The number of anilines is 2. The van der Waals surface area contributed by atoms with Gasteiger partial charge in [-0.15, -0.1) is 0 Å². The van der Waals surface area contributed by atoms with Gasteiger partial charge in [0, 0.05) is 18.5 Å². The number of nitrogen functional groups attached to an aromatic ring is 1. The highest BCUT2D eigenvalue weighted by atomic mass is 16.3. The van der Waals surface area contributed by atoms with Crippen LogP contribution in [-0.4, -0.2) is 27.7 Å². The van der Waals surface area contributed by atoms with Crippen molar-refractivity contribution in [2.75, 3.05) is 17.3 Å². The minimum absolute atomic E-state index is 0.105. The smallest absolute Gasteiger partial charge is 0.148 e. The third kappa shape index (κ3) is 3.58. The SMILES string of the molecule is CCc1nc(NN)c(C)c(NCC2CCC(O)CC2)n1. The van der Waals surface area contributed by atoms with Crippen LogP contribution >= 0.6 is 0 Å². The highest BCUT2D eigenvalue weighted by molar-refractivity contribution is 5.56.